The standard InChI is InChI=1S/C24H19BrN2O2/c1-15-6-8-16(9-7-15)14-27-22-11-10-17(25)12-19(22)24(29,23(27)28)20-13-26-21-5-3-2-4-18(20)21/h2-13,26,29H,14H2,1H3/t24-/m1/s1. The van der Waals surface area contributed by atoms with Crippen LogP contribution in [-0.4, -0.2) is 16.0 Å². The highest BCUT2D eigenvalue weighted by Crippen LogP contribution is 2.47. The zero-order valence-corrected chi connectivity index (χ0v) is 17.4. The van der Waals surface area contributed by atoms with Crippen LogP contribution in [0.3, 0.4) is 0 Å². The van der Waals surface area contributed by atoms with Crippen LogP contribution >= 0.6 is 15.9 Å². The Bertz CT molecular complexity index is 1250. The molecule has 1 aliphatic rings. The highest BCUT2D eigenvalue weighted by Gasteiger charge is 2.52. The van der Waals surface area contributed by atoms with Crippen molar-refractivity contribution < 1.29 is 9.90 Å². The van der Waals surface area contributed by atoms with Gasteiger partial charge >= 0.3 is 0 Å². The topological polar surface area (TPSA) is 56.3 Å². The van der Waals surface area contributed by atoms with E-state index in [2.05, 4.69) is 20.9 Å². The predicted octanol–water partition coefficient (Wildman–Crippen LogP) is 5.02. The van der Waals surface area contributed by atoms with Gasteiger partial charge in [0, 0.05) is 32.7 Å². The van der Waals surface area contributed by atoms with Crippen molar-refractivity contribution in [3.05, 3.63) is 99.7 Å². The summed E-state index contributed by atoms with van der Waals surface area (Å²) in [6.45, 7) is 2.44. The van der Waals surface area contributed by atoms with Gasteiger partial charge in [-0.05, 0) is 36.8 Å². The highest BCUT2D eigenvalue weighted by molar-refractivity contribution is 9.10. The van der Waals surface area contributed by atoms with E-state index in [0.717, 1.165) is 26.6 Å². The van der Waals surface area contributed by atoms with E-state index in [-0.39, 0.29) is 5.91 Å². The van der Waals surface area contributed by atoms with Crippen molar-refractivity contribution in [2.24, 2.45) is 0 Å². The molecule has 2 N–H and O–H groups in total. The maximum atomic E-state index is 13.7. The molecule has 5 heteroatoms. The monoisotopic (exact) mass is 446 g/mol. The van der Waals surface area contributed by atoms with Crippen LogP contribution in [0.2, 0.25) is 0 Å². The number of rotatable bonds is 3. The molecule has 3 aromatic carbocycles. The second-order valence-corrected chi connectivity index (χ2v) is 8.41. The number of aromatic nitrogens is 1. The maximum absolute atomic E-state index is 13.7. The molecule has 1 aromatic heterocycles. The van der Waals surface area contributed by atoms with Gasteiger partial charge in [-0.2, -0.15) is 0 Å². The van der Waals surface area contributed by atoms with Gasteiger partial charge in [0.05, 0.1) is 12.2 Å². The molecule has 144 valence electrons. The number of para-hydroxylation sites is 1. The Balaban J connectivity index is 1.68. The van der Waals surface area contributed by atoms with Crippen molar-refractivity contribution in [3.63, 3.8) is 0 Å². The molecule has 29 heavy (non-hydrogen) atoms. The summed E-state index contributed by atoms with van der Waals surface area (Å²) in [4.78, 5) is 18.5. The molecule has 5 rings (SSSR count). The number of aliphatic hydroxyl groups is 1. The SMILES string of the molecule is Cc1ccc(CN2C(=O)[C@](O)(c3c[nH]c4ccccc34)c3cc(Br)ccc32)cc1. The largest absolute Gasteiger partial charge is 0.372 e. The number of H-pyrrole nitrogens is 1. The zero-order valence-electron chi connectivity index (χ0n) is 15.8. The van der Waals surface area contributed by atoms with Crippen molar-refractivity contribution in [2.75, 3.05) is 4.90 Å². The van der Waals surface area contributed by atoms with Gasteiger partial charge in [-0.1, -0.05) is 64.0 Å². The Labute approximate surface area is 176 Å². The lowest BCUT2D eigenvalue weighted by Crippen LogP contribution is -2.40. The Morgan fingerprint density at radius 3 is 2.59 bits per heavy atom. The number of anilines is 1. The van der Waals surface area contributed by atoms with E-state index < -0.39 is 5.60 Å². The van der Waals surface area contributed by atoms with Crippen molar-refractivity contribution in [3.8, 4) is 0 Å². The first kappa shape index (κ1) is 18.2. The lowest BCUT2D eigenvalue weighted by Gasteiger charge is -2.23. The summed E-state index contributed by atoms with van der Waals surface area (Å²) in [5, 5.41) is 12.7. The van der Waals surface area contributed by atoms with E-state index in [1.807, 2.05) is 73.7 Å². The van der Waals surface area contributed by atoms with Crippen LogP contribution in [0.4, 0.5) is 5.69 Å². The van der Waals surface area contributed by atoms with Gasteiger partial charge in [-0.15, -0.1) is 0 Å². The van der Waals surface area contributed by atoms with Crippen molar-refractivity contribution in [1.29, 1.82) is 0 Å². The molecule has 2 heterocycles. The first-order chi connectivity index (χ1) is 14.0. The van der Waals surface area contributed by atoms with E-state index in [4.69, 9.17) is 0 Å². The fraction of sp³-hybridized carbons (Fsp3) is 0.125. The highest BCUT2D eigenvalue weighted by atomic mass is 79.9. The summed E-state index contributed by atoms with van der Waals surface area (Å²) in [5.74, 6) is -0.337. The quantitative estimate of drug-likeness (QED) is 0.463. The predicted molar refractivity (Wildman–Crippen MR) is 118 cm³/mol. The number of nitrogens with zero attached hydrogens (tertiary/aromatic N) is 1. The fourth-order valence-corrected chi connectivity index (χ4v) is 4.48. The molecule has 0 saturated carbocycles. The third kappa shape index (κ3) is 2.73. The van der Waals surface area contributed by atoms with E-state index >= 15 is 0 Å². The van der Waals surface area contributed by atoms with Crippen LogP contribution in [0.25, 0.3) is 10.9 Å². The molecule has 1 aliphatic heterocycles. The number of hydrogen-bond acceptors (Lipinski definition) is 2. The summed E-state index contributed by atoms with van der Waals surface area (Å²) < 4.78 is 0.819. The van der Waals surface area contributed by atoms with Gasteiger partial charge in [-0.3, -0.25) is 4.79 Å². The molecule has 4 nitrogen and oxygen atoms in total. The number of carbonyl (C=O) groups is 1. The summed E-state index contributed by atoms with van der Waals surface area (Å²) in [6, 6.07) is 21.4. The van der Waals surface area contributed by atoms with Crippen LogP contribution in [0, 0.1) is 6.92 Å². The fourth-order valence-electron chi connectivity index (χ4n) is 4.12. The first-order valence-corrected chi connectivity index (χ1v) is 10.2. The summed E-state index contributed by atoms with van der Waals surface area (Å²) in [5.41, 5.74) is 3.21. The number of aromatic amines is 1. The van der Waals surface area contributed by atoms with Crippen LogP contribution in [-0.2, 0) is 16.9 Å². The molecule has 0 radical (unpaired) electrons. The van der Waals surface area contributed by atoms with Crippen LogP contribution in [0.5, 0.6) is 0 Å². The number of halogens is 1. The molecule has 0 saturated heterocycles. The summed E-state index contributed by atoms with van der Waals surface area (Å²) in [7, 11) is 0. The Morgan fingerprint density at radius 1 is 1.03 bits per heavy atom. The molecule has 0 spiro atoms. The minimum absolute atomic E-state index is 0.337. The number of nitrogens with one attached hydrogen (secondary N) is 1. The lowest BCUT2D eigenvalue weighted by atomic mass is 9.87. The van der Waals surface area contributed by atoms with E-state index in [1.54, 1.807) is 11.1 Å². The van der Waals surface area contributed by atoms with Crippen molar-refractivity contribution in [1.82, 2.24) is 4.98 Å². The molecule has 1 atom stereocenters. The number of carbonyl (C=O) groups excluding carboxylic acids is 1. The molecular weight excluding hydrogens is 428 g/mol. The second kappa shape index (κ2) is 6.58. The van der Waals surface area contributed by atoms with E-state index in [1.165, 1.54) is 5.56 Å². The molecule has 0 aliphatic carbocycles. The number of hydrogen-bond donors (Lipinski definition) is 2. The van der Waals surface area contributed by atoms with Gasteiger partial charge in [0.15, 0.2) is 5.60 Å². The van der Waals surface area contributed by atoms with Crippen molar-refractivity contribution in [2.45, 2.75) is 19.1 Å². The van der Waals surface area contributed by atoms with Gasteiger partial charge in [0.2, 0.25) is 0 Å². The van der Waals surface area contributed by atoms with Gasteiger partial charge in [0.1, 0.15) is 0 Å². The van der Waals surface area contributed by atoms with Crippen LogP contribution in [0.1, 0.15) is 22.3 Å². The number of benzene rings is 3. The average molecular weight is 447 g/mol. The normalized spacial score (nSPS) is 18.4. The molecule has 1 amide bonds. The maximum Gasteiger partial charge on any atom is 0.268 e. The van der Waals surface area contributed by atoms with Crippen molar-refractivity contribution >= 4 is 38.4 Å². The van der Waals surface area contributed by atoms with Gasteiger partial charge in [0.25, 0.3) is 5.91 Å². The summed E-state index contributed by atoms with van der Waals surface area (Å²) >= 11 is 3.50. The van der Waals surface area contributed by atoms with Gasteiger partial charge in [-0.25, -0.2) is 0 Å². The molecule has 0 bridgehead atoms. The number of fused-ring (bicyclic) bond motifs is 2. The number of amides is 1. The van der Waals surface area contributed by atoms with Crippen LogP contribution < -0.4 is 4.90 Å². The molecule has 4 aromatic rings. The number of aryl methyl sites for hydroxylation is 1. The summed E-state index contributed by atoms with van der Waals surface area (Å²) in [6.07, 6.45) is 1.74. The molecular formula is C24H19BrN2O2. The molecule has 0 fully saturated rings. The Kier molecular flexibility index (Phi) is 4.12. The first-order valence-electron chi connectivity index (χ1n) is 9.45. The molecule has 0 unspecified atom stereocenters. The minimum Gasteiger partial charge on any atom is -0.372 e. The average Bonchev–Trinajstić information content (AvgIpc) is 3.24. The van der Waals surface area contributed by atoms with Gasteiger partial charge < -0.3 is 15.0 Å². The second-order valence-electron chi connectivity index (χ2n) is 7.50. The van der Waals surface area contributed by atoms with E-state index in [9.17, 15) is 9.90 Å². The minimum atomic E-state index is -1.75. The third-order valence-electron chi connectivity index (χ3n) is 5.63. The lowest BCUT2D eigenvalue weighted by molar-refractivity contribution is -0.132. The smallest absolute Gasteiger partial charge is 0.268 e. The van der Waals surface area contributed by atoms with E-state index in [0.29, 0.717) is 17.7 Å². The Hall–Kier alpha value is -2.89. The zero-order chi connectivity index (χ0) is 20.2. The van der Waals surface area contributed by atoms with Crippen LogP contribution in [0.15, 0.2) is 77.4 Å². The Morgan fingerprint density at radius 2 is 1.79 bits per heavy atom. The third-order valence-corrected chi connectivity index (χ3v) is 6.13.